The normalized spacial score (nSPS) is 9.69. The van der Waals surface area contributed by atoms with Gasteiger partial charge in [-0.15, -0.1) is 0 Å². The van der Waals surface area contributed by atoms with Crippen molar-refractivity contribution in [1.29, 1.82) is 0 Å². The summed E-state index contributed by atoms with van der Waals surface area (Å²) in [6.07, 6.45) is 0. The first-order valence-corrected chi connectivity index (χ1v) is 3.74. The molecule has 0 amide bonds. The zero-order chi connectivity index (χ0) is 9.68. The van der Waals surface area contributed by atoms with Crippen molar-refractivity contribution in [2.45, 2.75) is 0 Å². The van der Waals surface area contributed by atoms with E-state index in [9.17, 15) is 4.39 Å². The molecule has 0 saturated heterocycles. The van der Waals surface area contributed by atoms with E-state index >= 15 is 0 Å². The van der Waals surface area contributed by atoms with Gasteiger partial charge >= 0.3 is 0 Å². The first-order chi connectivity index (χ1) is 6.26. The van der Waals surface area contributed by atoms with Crippen molar-refractivity contribution in [1.82, 2.24) is 9.97 Å². The second kappa shape index (κ2) is 4.44. The number of hydrogen-bond donors (Lipinski definition) is 2. The van der Waals surface area contributed by atoms with E-state index in [0.717, 1.165) is 0 Å². The first kappa shape index (κ1) is 9.50. The SMILES string of the molecule is COc1cc(NCCF)nc(N)n1. The fourth-order valence-electron chi connectivity index (χ4n) is 0.813. The Hall–Kier alpha value is -1.59. The van der Waals surface area contributed by atoms with Crippen molar-refractivity contribution in [2.24, 2.45) is 0 Å². The minimum absolute atomic E-state index is 0.0979. The van der Waals surface area contributed by atoms with Gasteiger partial charge in [0, 0.05) is 12.6 Å². The van der Waals surface area contributed by atoms with E-state index in [2.05, 4.69) is 15.3 Å². The maximum atomic E-state index is 11.8. The molecule has 1 heterocycles. The molecule has 1 rings (SSSR count). The van der Waals surface area contributed by atoms with Crippen LogP contribution in [-0.2, 0) is 0 Å². The summed E-state index contributed by atoms with van der Waals surface area (Å²) in [5.41, 5.74) is 5.37. The molecule has 0 spiro atoms. The highest BCUT2D eigenvalue weighted by Crippen LogP contribution is 2.13. The Labute approximate surface area is 75.1 Å². The molecular formula is C7H11FN4O. The molecule has 0 atom stereocenters. The molecule has 0 aliphatic carbocycles. The van der Waals surface area contributed by atoms with Crippen LogP contribution in [0.15, 0.2) is 6.07 Å². The van der Waals surface area contributed by atoms with Crippen LogP contribution in [0.2, 0.25) is 0 Å². The molecule has 0 aliphatic rings. The van der Waals surface area contributed by atoms with Crippen molar-refractivity contribution in [2.75, 3.05) is 31.4 Å². The molecule has 0 fully saturated rings. The van der Waals surface area contributed by atoms with Gasteiger partial charge in [-0.25, -0.2) is 4.39 Å². The Morgan fingerprint density at radius 1 is 1.62 bits per heavy atom. The van der Waals surface area contributed by atoms with Gasteiger partial charge < -0.3 is 15.8 Å². The maximum absolute atomic E-state index is 11.8. The van der Waals surface area contributed by atoms with Gasteiger partial charge in [0.2, 0.25) is 11.8 Å². The summed E-state index contributed by atoms with van der Waals surface area (Å²) in [6, 6.07) is 1.55. The second-order valence-corrected chi connectivity index (χ2v) is 2.27. The average Bonchev–Trinajstić information content (AvgIpc) is 2.14. The van der Waals surface area contributed by atoms with Crippen LogP contribution in [0.25, 0.3) is 0 Å². The predicted molar refractivity (Wildman–Crippen MR) is 47.5 cm³/mol. The van der Waals surface area contributed by atoms with Gasteiger partial charge in [-0.1, -0.05) is 0 Å². The summed E-state index contributed by atoms with van der Waals surface area (Å²) in [4.78, 5) is 7.60. The molecule has 6 heteroatoms. The highest BCUT2D eigenvalue weighted by atomic mass is 19.1. The molecule has 5 nitrogen and oxygen atoms in total. The van der Waals surface area contributed by atoms with Crippen LogP contribution in [0.4, 0.5) is 16.2 Å². The Kier molecular flexibility index (Phi) is 3.24. The Morgan fingerprint density at radius 2 is 2.38 bits per heavy atom. The Balaban J connectivity index is 2.76. The van der Waals surface area contributed by atoms with Crippen LogP contribution >= 0.6 is 0 Å². The molecule has 13 heavy (non-hydrogen) atoms. The summed E-state index contributed by atoms with van der Waals surface area (Å²) in [5.74, 6) is 0.913. The fourth-order valence-corrected chi connectivity index (χ4v) is 0.813. The number of nitrogens with one attached hydrogen (secondary N) is 1. The molecule has 1 aromatic rings. The fraction of sp³-hybridized carbons (Fsp3) is 0.429. The van der Waals surface area contributed by atoms with Crippen molar-refractivity contribution in [3.8, 4) is 5.88 Å². The molecule has 0 aliphatic heterocycles. The van der Waals surface area contributed by atoms with Crippen LogP contribution in [-0.4, -0.2) is 30.3 Å². The van der Waals surface area contributed by atoms with E-state index in [1.807, 2.05) is 0 Å². The zero-order valence-electron chi connectivity index (χ0n) is 7.25. The summed E-state index contributed by atoms with van der Waals surface area (Å²) in [6.45, 7) is -0.272. The quantitative estimate of drug-likeness (QED) is 0.714. The highest BCUT2D eigenvalue weighted by molar-refractivity contribution is 5.42. The lowest BCUT2D eigenvalue weighted by Gasteiger charge is -2.05. The number of methoxy groups -OCH3 is 1. The monoisotopic (exact) mass is 186 g/mol. The summed E-state index contributed by atoms with van der Waals surface area (Å²) >= 11 is 0. The number of nitrogens with two attached hydrogens (primary N) is 1. The number of halogens is 1. The van der Waals surface area contributed by atoms with E-state index in [4.69, 9.17) is 10.5 Å². The Morgan fingerprint density at radius 3 is 3.00 bits per heavy atom. The standard InChI is InChI=1S/C7H11FN4O/c1-13-6-4-5(10-3-2-8)11-7(9)12-6/h4H,2-3H2,1H3,(H3,9,10,11,12). The Bertz CT molecular complexity index is 281. The third-order valence-corrected chi connectivity index (χ3v) is 1.33. The number of nitrogen functional groups attached to an aromatic ring is 1. The number of aromatic nitrogens is 2. The smallest absolute Gasteiger partial charge is 0.225 e. The zero-order valence-corrected chi connectivity index (χ0v) is 7.25. The first-order valence-electron chi connectivity index (χ1n) is 3.74. The van der Waals surface area contributed by atoms with Crippen molar-refractivity contribution in [3.63, 3.8) is 0 Å². The van der Waals surface area contributed by atoms with E-state index in [1.54, 1.807) is 6.07 Å². The lowest BCUT2D eigenvalue weighted by Crippen LogP contribution is -2.07. The largest absolute Gasteiger partial charge is 0.481 e. The predicted octanol–water partition coefficient (Wildman–Crippen LogP) is 0.449. The van der Waals surface area contributed by atoms with Crippen LogP contribution in [0.1, 0.15) is 0 Å². The lowest BCUT2D eigenvalue weighted by atomic mass is 10.5. The van der Waals surface area contributed by atoms with E-state index in [1.165, 1.54) is 7.11 Å². The van der Waals surface area contributed by atoms with Gasteiger partial charge in [0.25, 0.3) is 0 Å². The molecule has 0 aromatic carbocycles. The van der Waals surface area contributed by atoms with Crippen LogP contribution in [0.5, 0.6) is 5.88 Å². The van der Waals surface area contributed by atoms with Crippen molar-refractivity contribution >= 4 is 11.8 Å². The molecular weight excluding hydrogens is 175 g/mol. The van der Waals surface area contributed by atoms with Crippen LogP contribution in [0, 0.1) is 0 Å². The van der Waals surface area contributed by atoms with Gasteiger partial charge in [0.15, 0.2) is 0 Å². The van der Waals surface area contributed by atoms with Gasteiger partial charge in [-0.3, -0.25) is 0 Å². The van der Waals surface area contributed by atoms with Gasteiger partial charge in [-0.2, -0.15) is 9.97 Å². The van der Waals surface area contributed by atoms with Crippen molar-refractivity contribution in [3.05, 3.63) is 6.07 Å². The number of ether oxygens (including phenoxy) is 1. The van der Waals surface area contributed by atoms with E-state index in [-0.39, 0.29) is 12.5 Å². The molecule has 0 unspecified atom stereocenters. The van der Waals surface area contributed by atoms with Crippen LogP contribution in [0.3, 0.4) is 0 Å². The van der Waals surface area contributed by atoms with Crippen LogP contribution < -0.4 is 15.8 Å². The van der Waals surface area contributed by atoms with Crippen molar-refractivity contribution < 1.29 is 9.13 Å². The average molecular weight is 186 g/mol. The van der Waals surface area contributed by atoms with Gasteiger partial charge in [0.1, 0.15) is 12.5 Å². The number of hydrogen-bond acceptors (Lipinski definition) is 5. The summed E-state index contributed by atoms with van der Waals surface area (Å²) in [5, 5.41) is 2.72. The highest BCUT2D eigenvalue weighted by Gasteiger charge is 2.00. The van der Waals surface area contributed by atoms with E-state index < -0.39 is 6.67 Å². The number of alkyl halides is 1. The minimum atomic E-state index is -0.466. The summed E-state index contributed by atoms with van der Waals surface area (Å²) in [7, 11) is 1.47. The van der Waals surface area contributed by atoms with Gasteiger partial charge in [0.05, 0.1) is 7.11 Å². The molecule has 3 N–H and O–H groups in total. The number of anilines is 2. The number of nitrogens with zero attached hydrogens (tertiary/aromatic N) is 2. The molecule has 0 saturated carbocycles. The molecule has 0 radical (unpaired) electrons. The molecule has 1 aromatic heterocycles. The lowest BCUT2D eigenvalue weighted by molar-refractivity contribution is 0.398. The summed E-state index contributed by atoms with van der Waals surface area (Å²) < 4.78 is 16.6. The molecule has 0 bridgehead atoms. The van der Waals surface area contributed by atoms with E-state index in [0.29, 0.717) is 11.7 Å². The number of rotatable bonds is 4. The van der Waals surface area contributed by atoms with Gasteiger partial charge in [-0.05, 0) is 0 Å². The molecule has 72 valence electrons. The third kappa shape index (κ3) is 2.73. The third-order valence-electron chi connectivity index (χ3n) is 1.33. The topological polar surface area (TPSA) is 73.1 Å². The second-order valence-electron chi connectivity index (χ2n) is 2.27. The maximum Gasteiger partial charge on any atom is 0.225 e. The minimum Gasteiger partial charge on any atom is -0.481 e.